The van der Waals surface area contributed by atoms with Crippen LogP contribution in [0.1, 0.15) is 36.9 Å². The lowest BCUT2D eigenvalue weighted by atomic mass is 10.2. The first-order valence-corrected chi connectivity index (χ1v) is 8.63. The molecular formula is C18H22N6O2. The number of hydrogen-bond acceptors (Lipinski definition) is 6. The number of hydrogen-bond donors (Lipinski definition) is 1. The average molecular weight is 354 g/mol. The number of nitrogens with zero attached hydrogens (tertiary/aromatic N) is 5. The van der Waals surface area contributed by atoms with Gasteiger partial charge in [0.2, 0.25) is 17.6 Å². The Morgan fingerprint density at radius 3 is 2.77 bits per heavy atom. The van der Waals surface area contributed by atoms with Crippen LogP contribution in [0.3, 0.4) is 0 Å². The topological polar surface area (TPSA) is 98.7 Å². The van der Waals surface area contributed by atoms with E-state index in [1.54, 1.807) is 17.1 Å². The van der Waals surface area contributed by atoms with Gasteiger partial charge < -0.3 is 9.84 Å². The standard InChI is InChI=1S/C18H22N6O2/c1-4-14-12(2)18(24(3)22-14)20-15(25)6-5-7-16-21-17(23-26-16)13-8-10-19-11-9-13/h8-11H,4-7H2,1-3H3,(H,20,25). The molecular weight excluding hydrogens is 332 g/mol. The largest absolute Gasteiger partial charge is 0.339 e. The van der Waals surface area contributed by atoms with E-state index < -0.39 is 0 Å². The van der Waals surface area contributed by atoms with Gasteiger partial charge in [0.05, 0.1) is 5.69 Å². The molecule has 0 aromatic carbocycles. The van der Waals surface area contributed by atoms with Gasteiger partial charge in [-0.3, -0.25) is 14.5 Å². The summed E-state index contributed by atoms with van der Waals surface area (Å²) in [6.07, 6.45) is 5.75. The molecule has 0 atom stereocenters. The number of anilines is 1. The number of rotatable bonds is 7. The fraction of sp³-hybridized carbons (Fsp3) is 0.389. The Morgan fingerprint density at radius 2 is 2.08 bits per heavy atom. The smallest absolute Gasteiger partial charge is 0.226 e. The second kappa shape index (κ2) is 7.90. The molecule has 0 radical (unpaired) electrons. The van der Waals surface area contributed by atoms with Gasteiger partial charge in [0.25, 0.3) is 0 Å². The first kappa shape index (κ1) is 17.8. The Hall–Kier alpha value is -3.03. The summed E-state index contributed by atoms with van der Waals surface area (Å²) in [5.41, 5.74) is 2.87. The van der Waals surface area contributed by atoms with Gasteiger partial charge in [0, 0.05) is 43.4 Å². The van der Waals surface area contributed by atoms with Crippen molar-refractivity contribution in [2.75, 3.05) is 5.32 Å². The lowest BCUT2D eigenvalue weighted by molar-refractivity contribution is -0.116. The van der Waals surface area contributed by atoms with Gasteiger partial charge in [0.1, 0.15) is 5.82 Å². The fourth-order valence-electron chi connectivity index (χ4n) is 2.77. The lowest BCUT2D eigenvalue weighted by Gasteiger charge is -2.06. The molecule has 8 heteroatoms. The highest BCUT2D eigenvalue weighted by molar-refractivity contribution is 5.90. The fourth-order valence-corrected chi connectivity index (χ4v) is 2.77. The summed E-state index contributed by atoms with van der Waals surface area (Å²) in [4.78, 5) is 20.5. The van der Waals surface area contributed by atoms with Crippen molar-refractivity contribution in [3.63, 3.8) is 0 Å². The van der Waals surface area contributed by atoms with Crippen LogP contribution < -0.4 is 5.32 Å². The van der Waals surface area contributed by atoms with Crippen molar-refractivity contribution in [1.29, 1.82) is 0 Å². The van der Waals surface area contributed by atoms with E-state index in [0.29, 0.717) is 31.0 Å². The molecule has 0 unspecified atom stereocenters. The Kier molecular flexibility index (Phi) is 5.40. The Balaban J connectivity index is 1.52. The molecule has 3 rings (SSSR count). The van der Waals surface area contributed by atoms with E-state index in [0.717, 1.165) is 29.1 Å². The monoisotopic (exact) mass is 354 g/mol. The minimum atomic E-state index is -0.0485. The van der Waals surface area contributed by atoms with Crippen molar-refractivity contribution < 1.29 is 9.32 Å². The summed E-state index contributed by atoms with van der Waals surface area (Å²) in [5.74, 6) is 1.76. The van der Waals surface area contributed by atoms with Crippen molar-refractivity contribution in [3.05, 3.63) is 41.7 Å². The zero-order chi connectivity index (χ0) is 18.5. The van der Waals surface area contributed by atoms with Gasteiger partial charge in [-0.25, -0.2) is 0 Å². The summed E-state index contributed by atoms with van der Waals surface area (Å²) < 4.78 is 6.96. The maximum atomic E-state index is 12.2. The second-order valence-corrected chi connectivity index (χ2v) is 6.05. The van der Waals surface area contributed by atoms with E-state index in [9.17, 15) is 4.79 Å². The SMILES string of the molecule is CCc1nn(C)c(NC(=O)CCCc2nc(-c3ccncc3)no2)c1C. The van der Waals surface area contributed by atoms with Gasteiger partial charge in [0.15, 0.2) is 0 Å². The lowest BCUT2D eigenvalue weighted by Crippen LogP contribution is -2.15. The molecule has 3 heterocycles. The van der Waals surface area contributed by atoms with Crippen molar-refractivity contribution in [3.8, 4) is 11.4 Å². The van der Waals surface area contributed by atoms with Crippen LogP contribution in [0.25, 0.3) is 11.4 Å². The third kappa shape index (κ3) is 3.96. The number of aryl methyl sites for hydroxylation is 3. The van der Waals surface area contributed by atoms with Gasteiger partial charge in [-0.1, -0.05) is 12.1 Å². The number of aromatic nitrogens is 5. The van der Waals surface area contributed by atoms with Gasteiger partial charge in [-0.2, -0.15) is 10.1 Å². The van der Waals surface area contributed by atoms with Crippen LogP contribution in [-0.2, 0) is 24.7 Å². The third-order valence-electron chi connectivity index (χ3n) is 4.18. The first-order chi connectivity index (χ1) is 12.6. The third-order valence-corrected chi connectivity index (χ3v) is 4.18. The normalized spacial score (nSPS) is 10.9. The Labute approximate surface area is 151 Å². The maximum absolute atomic E-state index is 12.2. The van der Waals surface area contributed by atoms with Gasteiger partial charge in [-0.05, 0) is 31.9 Å². The molecule has 0 saturated carbocycles. The predicted molar refractivity (Wildman–Crippen MR) is 96.4 cm³/mol. The highest BCUT2D eigenvalue weighted by Crippen LogP contribution is 2.19. The van der Waals surface area contributed by atoms with E-state index in [1.807, 2.05) is 33.0 Å². The predicted octanol–water partition coefficient (Wildman–Crippen LogP) is 2.70. The van der Waals surface area contributed by atoms with E-state index in [2.05, 4.69) is 25.5 Å². The van der Waals surface area contributed by atoms with Crippen LogP contribution in [0, 0.1) is 6.92 Å². The molecule has 3 aromatic heterocycles. The van der Waals surface area contributed by atoms with E-state index in [1.165, 1.54) is 0 Å². The number of pyridine rings is 1. The maximum Gasteiger partial charge on any atom is 0.226 e. The average Bonchev–Trinajstić information content (AvgIpc) is 3.22. The summed E-state index contributed by atoms with van der Waals surface area (Å²) in [7, 11) is 1.83. The number of amides is 1. The van der Waals surface area contributed by atoms with Gasteiger partial charge >= 0.3 is 0 Å². The number of nitrogens with one attached hydrogen (secondary N) is 1. The molecule has 1 N–H and O–H groups in total. The van der Waals surface area contributed by atoms with E-state index in [4.69, 9.17) is 4.52 Å². The first-order valence-electron chi connectivity index (χ1n) is 8.63. The van der Waals surface area contributed by atoms with Crippen molar-refractivity contribution in [2.45, 2.75) is 39.5 Å². The Morgan fingerprint density at radius 1 is 1.31 bits per heavy atom. The number of carbonyl (C=O) groups excluding carboxylic acids is 1. The minimum Gasteiger partial charge on any atom is -0.339 e. The van der Waals surface area contributed by atoms with Crippen molar-refractivity contribution in [1.82, 2.24) is 24.9 Å². The zero-order valence-electron chi connectivity index (χ0n) is 15.2. The molecule has 0 fully saturated rings. The summed E-state index contributed by atoms with van der Waals surface area (Å²) in [6, 6.07) is 3.64. The van der Waals surface area contributed by atoms with Crippen molar-refractivity contribution >= 4 is 11.7 Å². The van der Waals surface area contributed by atoms with E-state index in [-0.39, 0.29) is 5.91 Å². The quantitative estimate of drug-likeness (QED) is 0.700. The van der Waals surface area contributed by atoms with Crippen LogP contribution >= 0.6 is 0 Å². The Bertz CT molecular complexity index is 884. The molecule has 0 saturated heterocycles. The minimum absolute atomic E-state index is 0.0485. The van der Waals surface area contributed by atoms with Crippen LogP contribution in [-0.4, -0.2) is 30.8 Å². The van der Waals surface area contributed by atoms with Crippen LogP contribution in [0.2, 0.25) is 0 Å². The molecule has 26 heavy (non-hydrogen) atoms. The molecule has 8 nitrogen and oxygen atoms in total. The summed E-state index contributed by atoms with van der Waals surface area (Å²) >= 11 is 0. The molecule has 136 valence electrons. The summed E-state index contributed by atoms with van der Waals surface area (Å²) in [5, 5.41) is 11.3. The van der Waals surface area contributed by atoms with Crippen LogP contribution in [0.4, 0.5) is 5.82 Å². The van der Waals surface area contributed by atoms with Crippen LogP contribution in [0.15, 0.2) is 29.0 Å². The highest BCUT2D eigenvalue weighted by Gasteiger charge is 2.14. The second-order valence-electron chi connectivity index (χ2n) is 6.05. The molecule has 1 amide bonds. The molecule has 0 aliphatic heterocycles. The number of carbonyl (C=O) groups is 1. The van der Waals surface area contributed by atoms with Crippen molar-refractivity contribution in [2.24, 2.45) is 7.05 Å². The highest BCUT2D eigenvalue weighted by atomic mass is 16.5. The van der Waals surface area contributed by atoms with Crippen LogP contribution in [0.5, 0.6) is 0 Å². The van der Waals surface area contributed by atoms with Gasteiger partial charge in [-0.15, -0.1) is 0 Å². The van der Waals surface area contributed by atoms with E-state index >= 15 is 0 Å². The molecule has 0 spiro atoms. The zero-order valence-corrected chi connectivity index (χ0v) is 15.2. The molecule has 0 aliphatic carbocycles. The molecule has 0 aliphatic rings. The summed E-state index contributed by atoms with van der Waals surface area (Å²) in [6.45, 7) is 4.02. The molecule has 3 aromatic rings. The molecule has 0 bridgehead atoms.